The highest BCUT2D eigenvalue weighted by Gasteiger charge is 2.41. The van der Waals surface area contributed by atoms with Gasteiger partial charge in [0.05, 0.1) is 17.8 Å². The second-order valence-corrected chi connectivity index (χ2v) is 10.5. The molecule has 3 heterocycles. The molecule has 4 aromatic rings. The van der Waals surface area contributed by atoms with Gasteiger partial charge in [-0.3, -0.25) is 9.78 Å². The second-order valence-electron chi connectivity index (χ2n) is 8.71. The first kappa shape index (κ1) is 25.0. The number of amides is 1. The van der Waals surface area contributed by atoms with Gasteiger partial charge in [0.1, 0.15) is 11.6 Å². The number of fused-ring (bicyclic) bond motifs is 1. The van der Waals surface area contributed by atoms with Gasteiger partial charge in [-0.1, -0.05) is 30.3 Å². The van der Waals surface area contributed by atoms with Gasteiger partial charge in [-0.05, 0) is 54.3 Å². The van der Waals surface area contributed by atoms with Crippen LogP contribution in [0.2, 0.25) is 0 Å². The van der Waals surface area contributed by atoms with Crippen molar-refractivity contribution in [2.24, 2.45) is 0 Å². The SMILES string of the molecule is O=C(NCc1cc(-c2ccc(C(F)(F)F)cc2)ccn1)[C@@H]1CCCN1S(=O)(=O)c1cc2ccccc2o1. The molecule has 7 nitrogen and oxygen atoms in total. The van der Waals surface area contributed by atoms with E-state index in [1.54, 1.807) is 36.4 Å². The van der Waals surface area contributed by atoms with Crippen molar-refractivity contribution in [1.82, 2.24) is 14.6 Å². The topological polar surface area (TPSA) is 92.5 Å². The van der Waals surface area contributed by atoms with Gasteiger partial charge in [0.15, 0.2) is 0 Å². The van der Waals surface area contributed by atoms with Gasteiger partial charge in [0, 0.05) is 24.2 Å². The average Bonchev–Trinajstić information content (AvgIpc) is 3.55. The van der Waals surface area contributed by atoms with Crippen LogP contribution in [0, 0.1) is 0 Å². The third-order valence-corrected chi connectivity index (χ3v) is 8.04. The summed E-state index contributed by atoms with van der Waals surface area (Å²) in [6, 6.07) is 15.6. The van der Waals surface area contributed by atoms with Crippen LogP contribution in [0.25, 0.3) is 22.1 Å². The fourth-order valence-corrected chi connectivity index (χ4v) is 6.00. The van der Waals surface area contributed by atoms with Crippen LogP contribution in [0.5, 0.6) is 0 Å². The van der Waals surface area contributed by atoms with Gasteiger partial charge in [-0.15, -0.1) is 0 Å². The Morgan fingerprint density at radius 2 is 1.81 bits per heavy atom. The summed E-state index contributed by atoms with van der Waals surface area (Å²) in [5.74, 6) is -0.459. The first-order valence-electron chi connectivity index (χ1n) is 11.5. The number of para-hydroxylation sites is 1. The van der Waals surface area contributed by atoms with Gasteiger partial charge in [0.25, 0.3) is 10.0 Å². The maximum absolute atomic E-state index is 13.3. The lowest BCUT2D eigenvalue weighted by atomic mass is 10.0. The molecule has 0 radical (unpaired) electrons. The van der Waals surface area contributed by atoms with Crippen LogP contribution in [-0.4, -0.2) is 36.2 Å². The number of benzene rings is 2. The van der Waals surface area contributed by atoms with E-state index in [9.17, 15) is 26.4 Å². The molecule has 0 bridgehead atoms. The minimum Gasteiger partial charge on any atom is -0.443 e. The summed E-state index contributed by atoms with van der Waals surface area (Å²) in [7, 11) is -4.02. The molecule has 1 aliphatic heterocycles. The zero-order chi connectivity index (χ0) is 26.2. The van der Waals surface area contributed by atoms with Gasteiger partial charge in [-0.2, -0.15) is 17.5 Å². The molecule has 1 aliphatic rings. The van der Waals surface area contributed by atoms with E-state index in [2.05, 4.69) is 10.3 Å². The van der Waals surface area contributed by atoms with Crippen LogP contribution in [0.3, 0.4) is 0 Å². The molecule has 2 aromatic carbocycles. The minimum absolute atomic E-state index is 0.0301. The Labute approximate surface area is 211 Å². The van der Waals surface area contributed by atoms with E-state index in [0.29, 0.717) is 40.6 Å². The van der Waals surface area contributed by atoms with Crippen molar-refractivity contribution < 1.29 is 30.8 Å². The molecule has 5 rings (SSSR count). The van der Waals surface area contributed by atoms with Crippen molar-refractivity contribution >= 4 is 26.9 Å². The van der Waals surface area contributed by atoms with Crippen molar-refractivity contribution in [3.63, 3.8) is 0 Å². The monoisotopic (exact) mass is 529 g/mol. The standard InChI is InChI=1S/C26H22F3N3O4S/c27-26(28,29)20-9-7-17(8-10-20)18-11-12-30-21(14-18)16-31-25(33)22-5-3-13-32(22)37(34,35)24-15-19-4-1-2-6-23(19)36-24/h1-2,4,6-12,14-15,22H,3,5,13,16H2,(H,31,33)/t22-/m0/s1. The number of carbonyl (C=O) groups excluding carboxylic acids is 1. The summed E-state index contributed by atoms with van der Waals surface area (Å²) in [5.41, 5.74) is 1.40. The van der Waals surface area contributed by atoms with E-state index < -0.39 is 33.7 Å². The Kier molecular flexibility index (Phi) is 6.50. The summed E-state index contributed by atoms with van der Waals surface area (Å²) < 4.78 is 71.7. The van der Waals surface area contributed by atoms with E-state index in [-0.39, 0.29) is 18.2 Å². The Hall–Kier alpha value is -3.70. The maximum atomic E-state index is 13.3. The molecule has 1 saturated heterocycles. The molecular weight excluding hydrogens is 507 g/mol. The first-order chi connectivity index (χ1) is 17.6. The fraction of sp³-hybridized carbons (Fsp3) is 0.231. The van der Waals surface area contributed by atoms with Crippen LogP contribution < -0.4 is 5.32 Å². The zero-order valence-electron chi connectivity index (χ0n) is 19.4. The van der Waals surface area contributed by atoms with Crippen molar-refractivity contribution in [3.05, 3.63) is 84.2 Å². The molecule has 0 spiro atoms. The number of hydrogen-bond donors (Lipinski definition) is 1. The Bertz CT molecular complexity index is 1520. The molecule has 1 fully saturated rings. The van der Waals surface area contributed by atoms with E-state index >= 15 is 0 Å². The van der Waals surface area contributed by atoms with Crippen LogP contribution >= 0.6 is 0 Å². The normalized spacial score (nSPS) is 16.8. The van der Waals surface area contributed by atoms with Crippen molar-refractivity contribution in [3.8, 4) is 11.1 Å². The molecule has 37 heavy (non-hydrogen) atoms. The Morgan fingerprint density at radius 1 is 1.05 bits per heavy atom. The van der Waals surface area contributed by atoms with E-state index in [0.717, 1.165) is 16.4 Å². The number of nitrogens with zero attached hydrogens (tertiary/aromatic N) is 2. The Balaban J connectivity index is 1.28. The second kappa shape index (κ2) is 9.64. The van der Waals surface area contributed by atoms with Gasteiger partial charge in [-0.25, -0.2) is 8.42 Å². The smallest absolute Gasteiger partial charge is 0.416 e. The van der Waals surface area contributed by atoms with Crippen LogP contribution in [0.4, 0.5) is 13.2 Å². The molecule has 0 saturated carbocycles. The minimum atomic E-state index is -4.42. The average molecular weight is 530 g/mol. The largest absolute Gasteiger partial charge is 0.443 e. The predicted molar refractivity (Wildman–Crippen MR) is 130 cm³/mol. The number of hydrogen-bond acceptors (Lipinski definition) is 5. The third kappa shape index (κ3) is 5.09. The molecule has 192 valence electrons. The van der Waals surface area contributed by atoms with E-state index in [1.165, 1.54) is 24.4 Å². The zero-order valence-corrected chi connectivity index (χ0v) is 20.2. The number of halogens is 3. The van der Waals surface area contributed by atoms with Crippen LogP contribution in [0.15, 0.2) is 82.4 Å². The lowest BCUT2D eigenvalue weighted by Crippen LogP contribution is -2.45. The summed E-state index contributed by atoms with van der Waals surface area (Å²) >= 11 is 0. The highest BCUT2D eigenvalue weighted by molar-refractivity contribution is 7.89. The van der Waals surface area contributed by atoms with Crippen molar-refractivity contribution in [2.45, 2.75) is 36.7 Å². The van der Waals surface area contributed by atoms with Gasteiger partial charge < -0.3 is 9.73 Å². The van der Waals surface area contributed by atoms with Crippen LogP contribution in [-0.2, 0) is 27.5 Å². The summed E-state index contributed by atoms with van der Waals surface area (Å²) in [6.45, 7) is 0.224. The predicted octanol–water partition coefficient (Wildman–Crippen LogP) is 4.98. The molecule has 2 aromatic heterocycles. The molecule has 1 amide bonds. The molecular formula is C26H22F3N3O4S. The number of carbonyl (C=O) groups is 1. The number of rotatable bonds is 6. The van der Waals surface area contributed by atoms with E-state index in [1.807, 2.05) is 0 Å². The molecule has 0 aliphatic carbocycles. The number of pyridine rings is 1. The lowest BCUT2D eigenvalue weighted by molar-refractivity contribution is -0.137. The number of aromatic nitrogens is 1. The number of furan rings is 1. The summed E-state index contributed by atoms with van der Waals surface area (Å²) in [4.78, 5) is 17.2. The quantitative estimate of drug-likeness (QED) is 0.380. The highest BCUT2D eigenvalue weighted by atomic mass is 32.2. The van der Waals surface area contributed by atoms with Gasteiger partial charge in [0.2, 0.25) is 11.0 Å². The van der Waals surface area contributed by atoms with E-state index in [4.69, 9.17) is 4.42 Å². The fourth-order valence-electron chi connectivity index (χ4n) is 4.39. The number of alkyl halides is 3. The Morgan fingerprint density at radius 3 is 2.54 bits per heavy atom. The lowest BCUT2D eigenvalue weighted by Gasteiger charge is -2.22. The first-order valence-corrected chi connectivity index (χ1v) is 13.0. The highest BCUT2D eigenvalue weighted by Crippen LogP contribution is 2.32. The number of sulfonamides is 1. The van der Waals surface area contributed by atoms with Gasteiger partial charge >= 0.3 is 6.18 Å². The van der Waals surface area contributed by atoms with Crippen molar-refractivity contribution in [2.75, 3.05) is 6.54 Å². The third-order valence-electron chi connectivity index (χ3n) is 6.28. The molecule has 0 unspecified atom stereocenters. The molecule has 1 atom stereocenters. The maximum Gasteiger partial charge on any atom is 0.416 e. The number of nitrogens with one attached hydrogen (secondary N) is 1. The van der Waals surface area contributed by atoms with Crippen molar-refractivity contribution in [1.29, 1.82) is 0 Å². The summed E-state index contributed by atoms with van der Waals surface area (Å²) in [5, 5.41) is 3.19. The van der Waals surface area contributed by atoms with Crippen LogP contribution in [0.1, 0.15) is 24.1 Å². The molecule has 11 heteroatoms. The summed E-state index contributed by atoms with van der Waals surface area (Å²) in [6.07, 6.45) is -2.02. The molecule has 1 N–H and O–H groups in total.